The van der Waals surface area contributed by atoms with E-state index < -0.39 is 35.2 Å². The first-order valence-corrected chi connectivity index (χ1v) is 11.0. The summed E-state index contributed by atoms with van der Waals surface area (Å²) in [6, 6.07) is -1.99. The van der Waals surface area contributed by atoms with Crippen molar-refractivity contribution in [3.8, 4) is 0 Å². The van der Waals surface area contributed by atoms with Gasteiger partial charge in [0.1, 0.15) is 10.4 Å². The maximum atomic E-state index is 12.9. The minimum absolute atomic E-state index is 0.364. The smallest absolute Gasteiger partial charge is 0.330 e. The minimum Gasteiger partial charge on any atom is -0.479 e. The van der Waals surface area contributed by atoms with Crippen molar-refractivity contribution in [2.24, 2.45) is 0 Å². The van der Waals surface area contributed by atoms with Gasteiger partial charge in [0, 0.05) is 12.7 Å². The van der Waals surface area contributed by atoms with Crippen LogP contribution in [0.25, 0.3) is 0 Å². The topological polar surface area (TPSA) is 147 Å². The first-order chi connectivity index (χ1) is 13.9. The lowest BCUT2D eigenvalue weighted by Crippen LogP contribution is -2.76. The van der Waals surface area contributed by atoms with Crippen LogP contribution in [0.15, 0.2) is 21.6 Å². The van der Waals surface area contributed by atoms with Crippen LogP contribution in [-0.4, -0.2) is 81.5 Å². The second-order valence-corrected chi connectivity index (χ2v) is 9.51. The molecular weight excluding hydrogens is 440 g/mol. The number of carboxylic acid groups (broad SMARTS) is 1. The van der Waals surface area contributed by atoms with Gasteiger partial charge in [0.2, 0.25) is 5.91 Å². The molecule has 1 unspecified atom stereocenters. The summed E-state index contributed by atoms with van der Waals surface area (Å²) < 4.78 is 0.730. The summed E-state index contributed by atoms with van der Waals surface area (Å²) in [5.74, 6) is -1.66. The fourth-order valence-corrected chi connectivity index (χ4v) is 6.29. The Balaban J connectivity index is 1.56. The van der Waals surface area contributed by atoms with E-state index >= 15 is 0 Å². The summed E-state index contributed by atoms with van der Waals surface area (Å²) in [6.45, 7) is 3.13. The van der Waals surface area contributed by atoms with Crippen molar-refractivity contribution in [2.45, 2.75) is 35.6 Å². The van der Waals surface area contributed by atoms with Crippen molar-refractivity contribution in [3.63, 3.8) is 0 Å². The minimum atomic E-state index is -1.13. The number of aliphatic carboxylic acids is 1. The second kappa shape index (κ2) is 7.72. The van der Waals surface area contributed by atoms with Crippen molar-refractivity contribution in [1.29, 1.82) is 0 Å². The first-order valence-electron chi connectivity index (χ1n) is 8.24. The van der Waals surface area contributed by atoms with Crippen LogP contribution < -0.4 is 5.01 Å². The van der Waals surface area contributed by atoms with Crippen molar-refractivity contribution in [2.75, 3.05) is 10.8 Å². The molecule has 1 fully saturated rings. The zero-order chi connectivity index (χ0) is 20.7. The number of hydrogen-bond donors (Lipinski definition) is 1. The maximum Gasteiger partial charge on any atom is 0.330 e. The molecule has 4 rings (SSSR count). The van der Waals surface area contributed by atoms with E-state index in [0.717, 1.165) is 19.1 Å². The van der Waals surface area contributed by atoms with Gasteiger partial charge < -0.3 is 10.0 Å². The molecule has 2 amide bonds. The van der Waals surface area contributed by atoms with Gasteiger partial charge in [-0.3, -0.25) is 9.59 Å². The molecule has 4 heterocycles. The van der Waals surface area contributed by atoms with Gasteiger partial charge >= 0.3 is 5.97 Å². The second-order valence-electron chi connectivity index (χ2n) is 6.12. The highest BCUT2D eigenvalue weighted by atomic mass is 32.2. The van der Waals surface area contributed by atoms with Crippen molar-refractivity contribution in [1.82, 2.24) is 35.4 Å². The summed E-state index contributed by atoms with van der Waals surface area (Å²) >= 11 is 4.09. The lowest BCUT2D eigenvalue weighted by Gasteiger charge is -2.53. The highest BCUT2D eigenvalue weighted by Gasteiger charge is 2.59. The third kappa shape index (κ3) is 3.49. The third-order valence-corrected chi connectivity index (χ3v) is 7.53. The summed E-state index contributed by atoms with van der Waals surface area (Å²) in [5.41, 5.74) is 0.584. The van der Waals surface area contributed by atoms with Gasteiger partial charge in [0.15, 0.2) is 22.8 Å². The predicted octanol–water partition coefficient (Wildman–Crippen LogP) is -0.269. The molecule has 1 saturated heterocycles. The molecule has 0 spiro atoms. The molecule has 2 aliphatic rings. The molecule has 12 nitrogen and oxygen atoms in total. The number of aromatic nitrogens is 6. The molecule has 0 radical (unpaired) electrons. The molecule has 1 N–H and O–H groups in total. The zero-order valence-electron chi connectivity index (χ0n) is 15.1. The van der Waals surface area contributed by atoms with Gasteiger partial charge in [-0.1, -0.05) is 23.1 Å². The van der Waals surface area contributed by atoms with Crippen LogP contribution in [0.4, 0.5) is 0 Å². The molecule has 152 valence electrons. The number of carbonyl (C=O) groups excluding carboxylic acids is 2. The van der Waals surface area contributed by atoms with Crippen LogP contribution in [-0.2, 0) is 14.4 Å². The van der Waals surface area contributed by atoms with Crippen LogP contribution in [0.2, 0.25) is 0 Å². The number of thioether (sulfide) groups is 2. The summed E-state index contributed by atoms with van der Waals surface area (Å²) in [5, 5.41) is 31.6. The first kappa shape index (κ1) is 19.8. The molecule has 0 aliphatic carbocycles. The highest BCUT2D eigenvalue weighted by Crippen LogP contribution is 2.43. The molecule has 0 aromatic carbocycles. The highest BCUT2D eigenvalue weighted by molar-refractivity contribution is 8.03. The van der Waals surface area contributed by atoms with Crippen molar-refractivity contribution >= 4 is 52.6 Å². The Labute approximate surface area is 176 Å². The fraction of sp³-hybridized carbons (Fsp3) is 0.429. The number of aryl methyl sites for hydroxylation is 1. The van der Waals surface area contributed by atoms with E-state index in [2.05, 4.69) is 25.7 Å². The Morgan fingerprint density at radius 3 is 2.76 bits per heavy atom. The van der Waals surface area contributed by atoms with Gasteiger partial charge in [0.25, 0.3) is 5.91 Å². The Kier molecular flexibility index (Phi) is 5.26. The molecule has 0 saturated carbocycles. The monoisotopic (exact) mass is 454 g/mol. The molecule has 2 aromatic rings. The van der Waals surface area contributed by atoms with Crippen LogP contribution in [0, 0.1) is 6.92 Å². The Morgan fingerprint density at radius 1 is 1.38 bits per heavy atom. The normalized spacial score (nSPS) is 23.2. The van der Waals surface area contributed by atoms with E-state index in [1.165, 1.54) is 53.0 Å². The SMILES string of the molecule is CC(=O)N(C1C(=O)N2[C@H](C(=O)O)C(CSc3nnc(C)s3)=CS[C@H]12)n1cnnn1. The number of carbonyl (C=O) groups is 3. The molecule has 2 aliphatic heterocycles. The molecule has 2 aromatic heterocycles. The van der Waals surface area contributed by atoms with E-state index in [4.69, 9.17) is 0 Å². The van der Waals surface area contributed by atoms with Crippen LogP contribution in [0.3, 0.4) is 0 Å². The third-order valence-electron chi connectivity index (χ3n) is 4.29. The van der Waals surface area contributed by atoms with E-state index in [1.807, 2.05) is 6.92 Å². The van der Waals surface area contributed by atoms with Gasteiger partial charge in [0.05, 0.1) is 0 Å². The average Bonchev–Trinajstić information content (AvgIpc) is 3.34. The largest absolute Gasteiger partial charge is 0.479 e. The quantitative estimate of drug-likeness (QED) is 0.454. The predicted molar refractivity (Wildman–Crippen MR) is 104 cm³/mol. The molecule has 0 bridgehead atoms. The summed E-state index contributed by atoms with van der Waals surface area (Å²) in [7, 11) is 0. The Hall–Kier alpha value is -2.52. The van der Waals surface area contributed by atoms with Gasteiger partial charge in [-0.25, -0.2) is 9.80 Å². The van der Waals surface area contributed by atoms with E-state index in [0.29, 0.717) is 11.3 Å². The summed E-state index contributed by atoms with van der Waals surface area (Å²) in [6.07, 6.45) is 1.21. The van der Waals surface area contributed by atoms with E-state index in [1.54, 1.807) is 5.41 Å². The van der Waals surface area contributed by atoms with E-state index in [9.17, 15) is 19.5 Å². The Bertz CT molecular complexity index is 993. The maximum absolute atomic E-state index is 12.9. The molecule has 29 heavy (non-hydrogen) atoms. The molecule has 3 atom stereocenters. The number of carboxylic acids is 1. The Morgan fingerprint density at radius 2 is 2.17 bits per heavy atom. The lowest BCUT2D eigenvalue weighted by atomic mass is 9.98. The van der Waals surface area contributed by atoms with Gasteiger partial charge in [-0.15, -0.1) is 31.8 Å². The number of fused-ring (bicyclic) bond motifs is 1. The number of amides is 2. The van der Waals surface area contributed by atoms with Crippen molar-refractivity contribution in [3.05, 3.63) is 22.3 Å². The molecular formula is C14H14N8O4S3. The molecule has 15 heteroatoms. The number of β-lactam (4-membered cyclic amide) rings is 1. The van der Waals surface area contributed by atoms with Gasteiger partial charge in [-0.2, -0.15) is 0 Å². The van der Waals surface area contributed by atoms with Gasteiger partial charge in [-0.05, 0) is 28.3 Å². The van der Waals surface area contributed by atoms with E-state index in [-0.39, 0.29) is 0 Å². The van der Waals surface area contributed by atoms with Crippen LogP contribution >= 0.6 is 34.9 Å². The number of tetrazole rings is 1. The van der Waals surface area contributed by atoms with Crippen molar-refractivity contribution < 1.29 is 19.5 Å². The number of hydrogen-bond acceptors (Lipinski definition) is 11. The van der Waals surface area contributed by atoms with Crippen LogP contribution in [0.5, 0.6) is 0 Å². The number of nitrogens with zero attached hydrogens (tertiary/aromatic N) is 8. The summed E-state index contributed by atoms with van der Waals surface area (Å²) in [4.78, 5) is 39.4. The standard InChI is InChI=1S/C14H14N8O4S3/c1-6-16-17-14(29-6)28-4-8-3-27-12-10(11(24)21(12)9(8)13(25)26)22(7(2)23)20-5-15-18-19-20/h3,5,9-10,12H,4H2,1-2H3,(H,25,26)/t9-,10?,12+/m0/s1. The fourth-order valence-electron chi connectivity index (χ4n) is 3.11. The number of rotatable bonds is 6. The van der Waals surface area contributed by atoms with Crippen LogP contribution in [0.1, 0.15) is 11.9 Å². The zero-order valence-corrected chi connectivity index (χ0v) is 17.5. The lowest BCUT2D eigenvalue weighted by molar-refractivity contribution is -0.159. The average molecular weight is 455 g/mol.